The first kappa shape index (κ1) is 23.6. The van der Waals surface area contributed by atoms with Crippen LogP contribution in [0, 0.1) is 6.92 Å². The standard InChI is InChI=1S/C29H31N5O3/c1-18-4-9-24-22(15-31-34(24)16-18)20-6-8-23(28-21(20)7-10-25(28)35)32-27-11-5-19(14-30-27)33-12-13-37-26(17-33)29(2,3)36/h4-6,8-9,11,14-16,26,36H,7,10,12-13,17H2,1-3H3,(H,30,32)/t26-/m0/s1. The van der Waals surface area contributed by atoms with E-state index < -0.39 is 5.60 Å². The smallest absolute Gasteiger partial charge is 0.165 e. The van der Waals surface area contributed by atoms with Crippen LogP contribution in [0.15, 0.2) is 55.0 Å². The van der Waals surface area contributed by atoms with Gasteiger partial charge in [-0.05, 0) is 68.1 Å². The van der Waals surface area contributed by atoms with E-state index in [4.69, 9.17) is 4.74 Å². The molecule has 0 spiro atoms. The zero-order chi connectivity index (χ0) is 25.7. The highest BCUT2D eigenvalue weighted by atomic mass is 16.5. The number of ketones is 1. The predicted octanol–water partition coefficient (Wildman–Crippen LogP) is 4.55. The van der Waals surface area contributed by atoms with Crippen LogP contribution in [0.1, 0.15) is 41.8 Å². The molecule has 1 atom stereocenters. The summed E-state index contributed by atoms with van der Waals surface area (Å²) in [5.74, 6) is 0.825. The van der Waals surface area contributed by atoms with Crippen molar-refractivity contribution >= 4 is 28.5 Å². The molecule has 37 heavy (non-hydrogen) atoms. The molecule has 2 aliphatic rings. The van der Waals surface area contributed by atoms with Crippen molar-refractivity contribution in [1.82, 2.24) is 14.6 Å². The molecule has 0 radical (unpaired) electrons. The number of aryl methyl sites for hydroxylation is 1. The fourth-order valence-corrected chi connectivity index (χ4v) is 5.34. The molecule has 8 nitrogen and oxygen atoms in total. The number of nitrogens with one attached hydrogen (secondary N) is 1. The summed E-state index contributed by atoms with van der Waals surface area (Å²) in [5, 5.41) is 18.3. The SMILES string of the molecule is Cc1ccc2c(-c3ccc(Nc4ccc(N5CCO[C@H](C(C)(C)O)C5)cn4)c4c3CCC4=O)cnn2c1. The zero-order valence-corrected chi connectivity index (χ0v) is 21.4. The largest absolute Gasteiger partial charge is 0.388 e. The van der Waals surface area contributed by atoms with E-state index >= 15 is 0 Å². The number of carbonyl (C=O) groups is 1. The van der Waals surface area contributed by atoms with Gasteiger partial charge in [0.25, 0.3) is 0 Å². The highest BCUT2D eigenvalue weighted by molar-refractivity contribution is 6.08. The van der Waals surface area contributed by atoms with Crippen LogP contribution in [0.4, 0.5) is 17.2 Å². The minimum atomic E-state index is -0.908. The summed E-state index contributed by atoms with van der Waals surface area (Å²) >= 11 is 0. The van der Waals surface area contributed by atoms with Gasteiger partial charge in [-0.25, -0.2) is 9.50 Å². The molecule has 2 N–H and O–H groups in total. The second-order valence-electron chi connectivity index (χ2n) is 10.5. The van der Waals surface area contributed by atoms with E-state index in [0.29, 0.717) is 31.8 Å². The molecule has 0 saturated carbocycles. The van der Waals surface area contributed by atoms with E-state index in [1.165, 1.54) is 0 Å². The lowest BCUT2D eigenvalue weighted by atomic mass is 9.96. The first-order valence-electron chi connectivity index (χ1n) is 12.7. The second-order valence-corrected chi connectivity index (χ2v) is 10.5. The summed E-state index contributed by atoms with van der Waals surface area (Å²) in [4.78, 5) is 19.8. The number of carbonyl (C=O) groups excluding carboxylic acids is 1. The molecule has 1 aliphatic carbocycles. The first-order chi connectivity index (χ1) is 17.8. The number of aromatic nitrogens is 3. The lowest BCUT2D eigenvalue weighted by molar-refractivity contribution is -0.0928. The Morgan fingerprint density at radius 2 is 1.95 bits per heavy atom. The van der Waals surface area contributed by atoms with E-state index in [1.807, 2.05) is 48.2 Å². The van der Waals surface area contributed by atoms with Gasteiger partial charge in [-0.3, -0.25) is 4.79 Å². The molecule has 0 bridgehead atoms. The predicted molar refractivity (Wildman–Crippen MR) is 144 cm³/mol. The third-order valence-corrected chi connectivity index (χ3v) is 7.38. The van der Waals surface area contributed by atoms with Crippen LogP contribution in [0.2, 0.25) is 0 Å². The Morgan fingerprint density at radius 3 is 2.73 bits per heavy atom. The average molecular weight is 498 g/mol. The van der Waals surface area contributed by atoms with Gasteiger partial charge in [0.1, 0.15) is 11.9 Å². The van der Waals surface area contributed by atoms with Crippen molar-refractivity contribution in [2.45, 2.75) is 45.3 Å². The van der Waals surface area contributed by atoms with E-state index in [2.05, 4.69) is 38.5 Å². The molecule has 1 saturated heterocycles. The zero-order valence-electron chi connectivity index (χ0n) is 21.4. The van der Waals surface area contributed by atoms with Crippen molar-refractivity contribution in [3.63, 3.8) is 0 Å². The van der Waals surface area contributed by atoms with E-state index in [9.17, 15) is 9.90 Å². The number of Topliss-reactive ketones (excluding diaryl/α,β-unsaturated/α-hetero) is 1. The number of hydrogen-bond donors (Lipinski definition) is 2. The maximum absolute atomic E-state index is 13.0. The first-order valence-corrected chi connectivity index (χ1v) is 12.7. The van der Waals surface area contributed by atoms with Crippen molar-refractivity contribution in [3.8, 4) is 11.1 Å². The molecular weight excluding hydrogens is 466 g/mol. The summed E-state index contributed by atoms with van der Waals surface area (Å²) in [6.45, 7) is 7.49. The molecule has 1 fully saturated rings. The fourth-order valence-electron chi connectivity index (χ4n) is 5.34. The summed E-state index contributed by atoms with van der Waals surface area (Å²) in [6.07, 6.45) is 6.68. The van der Waals surface area contributed by atoms with E-state index in [-0.39, 0.29) is 11.9 Å². The van der Waals surface area contributed by atoms with Crippen LogP contribution in [-0.2, 0) is 11.2 Å². The Balaban J connectivity index is 1.27. The Morgan fingerprint density at radius 1 is 1.08 bits per heavy atom. The highest BCUT2D eigenvalue weighted by Gasteiger charge is 2.33. The minimum absolute atomic E-state index is 0.147. The number of aliphatic hydroxyl groups is 1. The molecule has 3 aromatic heterocycles. The van der Waals surface area contributed by atoms with Crippen LogP contribution < -0.4 is 10.2 Å². The van der Waals surface area contributed by atoms with Crippen molar-refractivity contribution in [3.05, 3.63) is 71.7 Å². The molecule has 4 aromatic rings. The third-order valence-electron chi connectivity index (χ3n) is 7.38. The van der Waals surface area contributed by atoms with Gasteiger partial charge < -0.3 is 20.1 Å². The van der Waals surface area contributed by atoms with Crippen molar-refractivity contribution in [2.24, 2.45) is 0 Å². The Kier molecular flexibility index (Phi) is 5.73. The molecule has 4 heterocycles. The number of ether oxygens (including phenoxy) is 1. The fraction of sp³-hybridized carbons (Fsp3) is 0.345. The maximum atomic E-state index is 13.0. The summed E-state index contributed by atoms with van der Waals surface area (Å²) in [7, 11) is 0. The normalized spacial score (nSPS) is 17.9. The molecule has 6 rings (SSSR count). The lowest BCUT2D eigenvalue weighted by Gasteiger charge is -2.39. The topological polar surface area (TPSA) is 92.0 Å². The molecule has 190 valence electrons. The van der Waals surface area contributed by atoms with Gasteiger partial charge in [0, 0.05) is 36.8 Å². The lowest BCUT2D eigenvalue weighted by Crippen LogP contribution is -2.52. The van der Waals surface area contributed by atoms with Gasteiger partial charge in [-0.2, -0.15) is 5.10 Å². The van der Waals surface area contributed by atoms with Gasteiger partial charge in [0.05, 0.1) is 41.5 Å². The summed E-state index contributed by atoms with van der Waals surface area (Å²) < 4.78 is 7.65. The Labute approximate surface area is 215 Å². The molecule has 1 aromatic carbocycles. The number of fused-ring (bicyclic) bond motifs is 2. The summed E-state index contributed by atoms with van der Waals surface area (Å²) in [5.41, 5.74) is 6.92. The number of benzene rings is 1. The van der Waals surface area contributed by atoms with Crippen LogP contribution in [0.25, 0.3) is 16.6 Å². The number of anilines is 3. The van der Waals surface area contributed by atoms with Crippen molar-refractivity contribution < 1.29 is 14.6 Å². The third kappa shape index (κ3) is 4.36. The molecule has 0 unspecified atom stereocenters. The molecule has 0 amide bonds. The molecular formula is C29H31N5O3. The van der Waals surface area contributed by atoms with Crippen molar-refractivity contribution in [2.75, 3.05) is 29.9 Å². The molecule has 8 heteroatoms. The van der Waals surface area contributed by atoms with Crippen LogP contribution in [-0.4, -0.2) is 56.9 Å². The minimum Gasteiger partial charge on any atom is -0.388 e. The Bertz CT molecular complexity index is 1490. The van der Waals surface area contributed by atoms with Gasteiger partial charge in [-0.15, -0.1) is 0 Å². The van der Waals surface area contributed by atoms with E-state index in [0.717, 1.165) is 51.3 Å². The van der Waals surface area contributed by atoms with Gasteiger partial charge in [-0.1, -0.05) is 12.1 Å². The quantitative estimate of drug-likeness (QED) is 0.418. The van der Waals surface area contributed by atoms with Crippen LogP contribution >= 0.6 is 0 Å². The number of pyridine rings is 2. The number of hydrogen-bond acceptors (Lipinski definition) is 7. The second kappa shape index (κ2) is 8.97. The number of nitrogens with zero attached hydrogens (tertiary/aromatic N) is 4. The van der Waals surface area contributed by atoms with Gasteiger partial charge >= 0.3 is 0 Å². The van der Waals surface area contributed by atoms with Gasteiger partial charge in [0.15, 0.2) is 5.78 Å². The summed E-state index contributed by atoms with van der Waals surface area (Å²) in [6, 6.07) is 12.2. The van der Waals surface area contributed by atoms with Crippen LogP contribution in [0.3, 0.4) is 0 Å². The van der Waals surface area contributed by atoms with Crippen molar-refractivity contribution in [1.29, 1.82) is 0 Å². The van der Waals surface area contributed by atoms with Crippen LogP contribution in [0.5, 0.6) is 0 Å². The highest BCUT2D eigenvalue weighted by Crippen LogP contribution is 2.39. The number of morpholine rings is 1. The maximum Gasteiger partial charge on any atom is 0.165 e. The number of rotatable bonds is 5. The average Bonchev–Trinajstić information content (AvgIpc) is 3.48. The molecule has 1 aliphatic heterocycles. The van der Waals surface area contributed by atoms with Gasteiger partial charge in [0.2, 0.25) is 0 Å². The van der Waals surface area contributed by atoms with E-state index in [1.54, 1.807) is 13.8 Å². The monoisotopic (exact) mass is 497 g/mol. The Hall–Kier alpha value is -3.75.